The molecule has 1 fully saturated rings. The Hall–Kier alpha value is -1.30. The van der Waals surface area contributed by atoms with Gasteiger partial charge in [-0.05, 0) is 53.4 Å². The number of hydrogen-bond acceptors (Lipinski definition) is 3. The molecule has 0 aromatic carbocycles. The van der Waals surface area contributed by atoms with E-state index in [9.17, 15) is 14.7 Å². The van der Waals surface area contributed by atoms with E-state index < -0.39 is 17.5 Å². The molecule has 0 aromatic heterocycles. The molecule has 1 unspecified atom stereocenters. The van der Waals surface area contributed by atoms with Gasteiger partial charge in [-0.2, -0.15) is 0 Å². The number of carbonyl (C=O) groups excluding carboxylic acids is 1. The average Bonchev–Trinajstić information content (AvgIpc) is 3.17. The molecule has 0 spiro atoms. The summed E-state index contributed by atoms with van der Waals surface area (Å²) < 4.78 is 0. The molecule has 1 rings (SSSR count). The van der Waals surface area contributed by atoms with Gasteiger partial charge < -0.3 is 15.7 Å². The van der Waals surface area contributed by atoms with E-state index in [2.05, 4.69) is 43.2 Å². The van der Waals surface area contributed by atoms with E-state index in [0.29, 0.717) is 18.6 Å². The molecule has 0 radical (unpaired) electrons. The summed E-state index contributed by atoms with van der Waals surface area (Å²) in [5.74, 6) is -0.922. The number of nitrogens with zero attached hydrogens (tertiary/aromatic N) is 1. The molecular formula is C15H29N3O3. The van der Waals surface area contributed by atoms with Crippen molar-refractivity contribution in [3.8, 4) is 0 Å². The highest BCUT2D eigenvalue weighted by molar-refractivity contribution is 5.86. The van der Waals surface area contributed by atoms with Crippen LogP contribution in [-0.4, -0.2) is 52.7 Å². The number of carboxylic acids is 1. The molecule has 0 heterocycles. The highest BCUT2D eigenvalue weighted by Crippen LogP contribution is 2.39. The van der Waals surface area contributed by atoms with Gasteiger partial charge in [0.15, 0.2) is 0 Å². The third kappa shape index (κ3) is 4.88. The molecule has 122 valence electrons. The lowest BCUT2D eigenvalue weighted by Crippen LogP contribution is -2.57. The maximum Gasteiger partial charge on any atom is 0.329 e. The van der Waals surface area contributed by atoms with Gasteiger partial charge in [-0.15, -0.1) is 0 Å². The number of aliphatic carboxylic acids is 1. The third-order valence-corrected chi connectivity index (χ3v) is 4.19. The summed E-state index contributed by atoms with van der Waals surface area (Å²) in [6, 6.07) is 0.412. The van der Waals surface area contributed by atoms with E-state index >= 15 is 0 Å². The molecule has 1 aliphatic carbocycles. The first kappa shape index (κ1) is 17.8. The zero-order chi connectivity index (χ0) is 16.2. The normalized spacial score (nSPS) is 17.9. The highest BCUT2D eigenvalue weighted by Gasteiger charge is 2.48. The summed E-state index contributed by atoms with van der Waals surface area (Å²) in [6.07, 6.45) is 1.72. The maximum atomic E-state index is 11.9. The predicted molar refractivity (Wildman–Crippen MR) is 82.3 cm³/mol. The molecule has 0 bridgehead atoms. The van der Waals surface area contributed by atoms with Gasteiger partial charge in [-0.25, -0.2) is 9.59 Å². The van der Waals surface area contributed by atoms with Crippen molar-refractivity contribution in [1.82, 2.24) is 15.5 Å². The predicted octanol–water partition coefficient (Wildman–Crippen LogP) is 1.66. The Bertz CT molecular complexity index is 372. The standard InChI is InChI=1S/C15H29N3O3/c1-10(2)18(11(3)4)9-8-16-14(21)17-15(5,13(19)20)12-6-7-12/h10-12H,6-9H2,1-5H3,(H,19,20)(H2,16,17,21). The first-order valence-corrected chi connectivity index (χ1v) is 7.73. The van der Waals surface area contributed by atoms with Crippen LogP contribution in [0.15, 0.2) is 0 Å². The lowest BCUT2D eigenvalue weighted by Gasteiger charge is -2.31. The first-order chi connectivity index (χ1) is 9.68. The molecule has 3 N–H and O–H groups in total. The Labute approximate surface area is 127 Å². The van der Waals surface area contributed by atoms with Crippen LogP contribution in [-0.2, 0) is 4.79 Å². The van der Waals surface area contributed by atoms with Crippen molar-refractivity contribution in [3.63, 3.8) is 0 Å². The minimum atomic E-state index is -1.15. The van der Waals surface area contributed by atoms with Crippen LogP contribution in [0.4, 0.5) is 4.79 Å². The first-order valence-electron chi connectivity index (χ1n) is 7.73. The van der Waals surface area contributed by atoms with Crippen molar-refractivity contribution >= 4 is 12.0 Å². The van der Waals surface area contributed by atoms with Crippen LogP contribution in [0.5, 0.6) is 0 Å². The van der Waals surface area contributed by atoms with Crippen LogP contribution in [0, 0.1) is 5.92 Å². The fourth-order valence-corrected chi connectivity index (χ4v) is 2.68. The maximum absolute atomic E-state index is 11.9. The monoisotopic (exact) mass is 299 g/mol. The second kappa shape index (κ2) is 7.11. The second-order valence-electron chi connectivity index (χ2n) is 6.59. The van der Waals surface area contributed by atoms with Crippen LogP contribution in [0.2, 0.25) is 0 Å². The number of carbonyl (C=O) groups is 2. The van der Waals surface area contributed by atoms with E-state index in [1.54, 1.807) is 6.92 Å². The Morgan fingerprint density at radius 3 is 2.14 bits per heavy atom. The van der Waals surface area contributed by atoms with Crippen LogP contribution in [0.3, 0.4) is 0 Å². The van der Waals surface area contributed by atoms with E-state index in [-0.39, 0.29) is 5.92 Å². The summed E-state index contributed by atoms with van der Waals surface area (Å²) >= 11 is 0. The van der Waals surface area contributed by atoms with Crippen molar-refractivity contribution in [3.05, 3.63) is 0 Å². The molecule has 21 heavy (non-hydrogen) atoms. The molecule has 0 saturated heterocycles. The average molecular weight is 299 g/mol. The Kier molecular flexibility index (Phi) is 6.01. The zero-order valence-corrected chi connectivity index (χ0v) is 13.8. The molecule has 6 heteroatoms. The smallest absolute Gasteiger partial charge is 0.329 e. The quantitative estimate of drug-likeness (QED) is 0.636. The number of nitrogens with one attached hydrogen (secondary N) is 2. The Morgan fingerprint density at radius 2 is 1.76 bits per heavy atom. The van der Waals surface area contributed by atoms with Gasteiger partial charge in [0.2, 0.25) is 0 Å². The van der Waals surface area contributed by atoms with E-state index in [4.69, 9.17) is 0 Å². The largest absolute Gasteiger partial charge is 0.480 e. The summed E-state index contributed by atoms with van der Waals surface area (Å²) in [7, 11) is 0. The molecule has 1 saturated carbocycles. The zero-order valence-electron chi connectivity index (χ0n) is 13.8. The minimum Gasteiger partial charge on any atom is -0.480 e. The fourth-order valence-electron chi connectivity index (χ4n) is 2.68. The summed E-state index contributed by atoms with van der Waals surface area (Å²) in [6.45, 7) is 11.3. The van der Waals surface area contributed by atoms with Gasteiger partial charge >= 0.3 is 12.0 Å². The van der Waals surface area contributed by atoms with Crippen LogP contribution >= 0.6 is 0 Å². The van der Waals surface area contributed by atoms with Crippen molar-refractivity contribution in [1.29, 1.82) is 0 Å². The van der Waals surface area contributed by atoms with Gasteiger partial charge in [0.05, 0.1) is 0 Å². The summed E-state index contributed by atoms with van der Waals surface area (Å²) in [5.41, 5.74) is -1.15. The fraction of sp³-hybridized carbons (Fsp3) is 0.867. The van der Waals surface area contributed by atoms with Crippen molar-refractivity contribution in [2.24, 2.45) is 5.92 Å². The molecule has 0 aromatic rings. The topological polar surface area (TPSA) is 81.7 Å². The second-order valence-corrected chi connectivity index (χ2v) is 6.59. The van der Waals surface area contributed by atoms with E-state index in [0.717, 1.165) is 19.4 Å². The number of carboxylic acid groups (broad SMARTS) is 1. The van der Waals surface area contributed by atoms with Crippen LogP contribution in [0.1, 0.15) is 47.5 Å². The van der Waals surface area contributed by atoms with Gasteiger partial charge in [-0.3, -0.25) is 4.90 Å². The number of hydrogen-bond donors (Lipinski definition) is 3. The lowest BCUT2D eigenvalue weighted by molar-refractivity contribution is -0.144. The third-order valence-electron chi connectivity index (χ3n) is 4.19. The highest BCUT2D eigenvalue weighted by atomic mass is 16.4. The number of rotatable bonds is 8. The summed E-state index contributed by atoms with van der Waals surface area (Å²) in [4.78, 5) is 25.5. The molecule has 1 aliphatic rings. The Balaban J connectivity index is 2.42. The van der Waals surface area contributed by atoms with Gasteiger partial charge in [0.25, 0.3) is 0 Å². The molecule has 2 amide bonds. The van der Waals surface area contributed by atoms with Crippen molar-refractivity contribution < 1.29 is 14.7 Å². The molecule has 1 atom stereocenters. The lowest BCUT2D eigenvalue weighted by atomic mass is 9.96. The SMILES string of the molecule is CC(C)N(CCNC(=O)NC(C)(C(=O)O)C1CC1)C(C)C. The molecule has 0 aliphatic heterocycles. The van der Waals surface area contributed by atoms with Crippen molar-refractivity contribution in [2.45, 2.75) is 65.1 Å². The van der Waals surface area contributed by atoms with Crippen LogP contribution < -0.4 is 10.6 Å². The molecular weight excluding hydrogens is 270 g/mol. The minimum absolute atomic E-state index is 0.0450. The van der Waals surface area contributed by atoms with E-state index in [1.165, 1.54) is 0 Å². The van der Waals surface area contributed by atoms with E-state index in [1.807, 2.05) is 0 Å². The van der Waals surface area contributed by atoms with Gasteiger partial charge in [0, 0.05) is 25.2 Å². The van der Waals surface area contributed by atoms with Crippen molar-refractivity contribution in [2.75, 3.05) is 13.1 Å². The Morgan fingerprint density at radius 1 is 1.24 bits per heavy atom. The number of urea groups is 1. The van der Waals surface area contributed by atoms with Crippen LogP contribution in [0.25, 0.3) is 0 Å². The van der Waals surface area contributed by atoms with Gasteiger partial charge in [0.1, 0.15) is 5.54 Å². The molecule has 6 nitrogen and oxygen atoms in total. The van der Waals surface area contributed by atoms with Gasteiger partial charge in [-0.1, -0.05) is 0 Å². The number of amides is 2. The summed E-state index contributed by atoms with van der Waals surface area (Å²) in [5, 5.41) is 14.7.